The molecule has 1 N–H and O–H groups in total. The Balaban J connectivity index is 1.80. The van der Waals surface area contributed by atoms with Gasteiger partial charge in [-0.15, -0.1) is 11.3 Å². The van der Waals surface area contributed by atoms with Crippen molar-refractivity contribution < 1.29 is 0 Å². The SMILES string of the molecule is CCCNC1CCCN(Cc2nc(C)cs2)C1. The lowest BCUT2D eigenvalue weighted by molar-refractivity contribution is 0.183. The molecule has 2 heterocycles. The Bertz CT molecular complexity index is 337. The topological polar surface area (TPSA) is 28.2 Å². The first-order valence-corrected chi connectivity index (χ1v) is 7.52. The molecule has 3 nitrogen and oxygen atoms in total. The minimum atomic E-state index is 0.685. The Hall–Kier alpha value is -0.450. The van der Waals surface area contributed by atoms with Gasteiger partial charge in [-0.3, -0.25) is 4.90 Å². The fraction of sp³-hybridized carbons (Fsp3) is 0.769. The van der Waals surface area contributed by atoms with Crippen LogP contribution in [-0.2, 0) is 6.54 Å². The zero-order chi connectivity index (χ0) is 12.1. The van der Waals surface area contributed by atoms with Crippen LogP contribution in [-0.4, -0.2) is 35.6 Å². The van der Waals surface area contributed by atoms with Gasteiger partial charge in [0.05, 0.1) is 6.54 Å². The number of piperidine rings is 1. The molecular formula is C13H23N3S. The standard InChI is InChI=1S/C13H23N3S/c1-3-6-14-12-5-4-7-16(8-12)9-13-15-11(2)10-17-13/h10,12,14H,3-9H2,1-2H3. The Kier molecular flexibility index (Phi) is 4.95. The molecule has 1 fully saturated rings. The molecule has 96 valence electrons. The summed E-state index contributed by atoms with van der Waals surface area (Å²) in [6.45, 7) is 8.88. The zero-order valence-electron chi connectivity index (χ0n) is 10.9. The zero-order valence-corrected chi connectivity index (χ0v) is 11.7. The number of aryl methyl sites for hydroxylation is 1. The van der Waals surface area contributed by atoms with Crippen LogP contribution in [0.1, 0.15) is 36.9 Å². The summed E-state index contributed by atoms with van der Waals surface area (Å²) in [7, 11) is 0. The molecule has 2 rings (SSSR count). The van der Waals surface area contributed by atoms with Gasteiger partial charge in [-0.05, 0) is 39.3 Å². The Morgan fingerprint density at radius 3 is 3.18 bits per heavy atom. The van der Waals surface area contributed by atoms with Gasteiger partial charge in [0.15, 0.2) is 0 Å². The van der Waals surface area contributed by atoms with E-state index < -0.39 is 0 Å². The number of rotatable bonds is 5. The van der Waals surface area contributed by atoms with Gasteiger partial charge in [0.1, 0.15) is 5.01 Å². The molecule has 1 unspecified atom stereocenters. The van der Waals surface area contributed by atoms with E-state index in [1.807, 2.05) is 0 Å². The van der Waals surface area contributed by atoms with Gasteiger partial charge in [0, 0.05) is 23.7 Å². The molecule has 1 aromatic heterocycles. The van der Waals surface area contributed by atoms with Crippen molar-refractivity contribution in [2.45, 2.75) is 45.7 Å². The van der Waals surface area contributed by atoms with Crippen molar-refractivity contribution in [2.75, 3.05) is 19.6 Å². The van der Waals surface area contributed by atoms with E-state index in [-0.39, 0.29) is 0 Å². The highest BCUT2D eigenvalue weighted by Gasteiger charge is 2.19. The lowest BCUT2D eigenvalue weighted by Gasteiger charge is -2.32. The van der Waals surface area contributed by atoms with Gasteiger partial charge in [-0.2, -0.15) is 0 Å². The second kappa shape index (κ2) is 6.47. The summed E-state index contributed by atoms with van der Waals surface area (Å²) in [6.07, 6.45) is 3.86. The molecule has 1 atom stereocenters. The minimum Gasteiger partial charge on any atom is -0.313 e. The first-order valence-electron chi connectivity index (χ1n) is 6.64. The summed E-state index contributed by atoms with van der Waals surface area (Å²) in [4.78, 5) is 7.09. The first-order chi connectivity index (χ1) is 8.28. The molecule has 0 amide bonds. The molecule has 0 aliphatic carbocycles. The third-order valence-electron chi connectivity index (χ3n) is 3.21. The number of aromatic nitrogens is 1. The van der Waals surface area contributed by atoms with Crippen molar-refractivity contribution >= 4 is 11.3 Å². The van der Waals surface area contributed by atoms with Crippen LogP contribution in [0.2, 0.25) is 0 Å². The number of likely N-dealkylation sites (tertiary alicyclic amines) is 1. The van der Waals surface area contributed by atoms with Gasteiger partial charge in [-0.1, -0.05) is 6.92 Å². The number of nitrogens with one attached hydrogen (secondary N) is 1. The van der Waals surface area contributed by atoms with E-state index in [9.17, 15) is 0 Å². The van der Waals surface area contributed by atoms with Gasteiger partial charge in [0.25, 0.3) is 0 Å². The maximum Gasteiger partial charge on any atom is 0.107 e. The van der Waals surface area contributed by atoms with E-state index in [0.29, 0.717) is 6.04 Å². The third-order valence-corrected chi connectivity index (χ3v) is 4.17. The highest BCUT2D eigenvalue weighted by atomic mass is 32.1. The maximum atomic E-state index is 4.55. The van der Waals surface area contributed by atoms with Crippen LogP contribution >= 0.6 is 11.3 Å². The van der Waals surface area contributed by atoms with Crippen molar-refractivity contribution in [3.8, 4) is 0 Å². The van der Waals surface area contributed by atoms with Crippen molar-refractivity contribution in [3.63, 3.8) is 0 Å². The van der Waals surface area contributed by atoms with E-state index in [1.54, 1.807) is 11.3 Å². The summed E-state index contributed by atoms with van der Waals surface area (Å²) in [5.74, 6) is 0. The molecule has 17 heavy (non-hydrogen) atoms. The van der Waals surface area contributed by atoms with Crippen LogP contribution in [0.3, 0.4) is 0 Å². The molecule has 1 saturated heterocycles. The van der Waals surface area contributed by atoms with Gasteiger partial charge in [-0.25, -0.2) is 4.98 Å². The summed E-state index contributed by atoms with van der Waals surface area (Å²) < 4.78 is 0. The molecule has 0 saturated carbocycles. The monoisotopic (exact) mass is 253 g/mol. The van der Waals surface area contributed by atoms with E-state index in [4.69, 9.17) is 0 Å². The van der Waals surface area contributed by atoms with Gasteiger partial charge in [0.2, 0.25) is 0 Å². The van der Waals surface area contributed by atoms with Gasteiger partial charge < -0.3 is 5.32 Å². The normalized spacial score (nSPS) is 21.9. The summed E-state index contributed by atoms with van der Waals surface area (Å²) in [5.41, 5.74) is 1.16. The molecule has 1 aliphatic heterocycles. The molecule has 0 spiro atoms. The molecule has 1 aromatic rings. The lowest BCUT2D eigenvalue weighted by Crippen LogP contribution is -2.45. The first kappa shape index (κ1) is 13.0. The molecule has 1 aliphatic rings. The van der Waals surface area contributed by atoms with Crippen LogP contribution in [0.25, 0.3) is 0 Å². The Morgan fingerprint density at radius 1 is 1.59 bits per heavy atom. The Labute approximate surface area is 108 Å². The van der Waals surface area contributed by atoms with Crippen LogP contribution in [0.5, 0.6) is 0 Å². The number of nitrogens with zero attached hydrogens (tertiary/aromatic N) is 2. The van der Waals surface area contributed by atoms with Crippen LogP contribution < -0.4 is 5.32 Å². The van der Waals surface area contributed by atoms with Crippen molar-refractivity contribution in [2.24, 2.45) is 0 Å². The van der Waals surface area contributed by atoms with Crippen molar-refractivity contribution in [3.05, 3.63) is 16.1 Å². The minimum absolute atomic E-state index is 0.685. The van der Waals surface area contributed by atoms with Crippen molar-refractivity contribution in [1.82, 2.24) is 15.2 Å². The second-order valence-corrected chi connectivity index (χ2v) is 5.85. The summed E-state index contributed by atoms with van der Waals surface area (Å²) in [6, 6.07) is 0.685. The summed E-state index contributed by atoms with van der Waals surface area (Å²) in [5, 5.41) is 7.04. The fourth-order valence-electron chi connectivity index (χ4n) is 2.38. The van der Waals surface area contributed by atoms with Crippen LogP contribution in [0.15, 0.2) is 5.38 Å². The predicted molar refractivity (Wildman–Crippen MR) is 73.4 cm³/mol. The largest absolute Gasteiger partial charge is 0.313 e. The number of thiazole rings is 1. The fourth-order valence-corrected chi connectivity index (χ4v) is 3.19. The molecule has 0 aromatic carbocycles. The molecule has 0 radical (unpaired) electrons. The van der Waals surface area contributed by atoms with Crippen LogP contribution in [0.4, 0.5) is 0 Å². The Morgan fingerprint density at radius 2 is 2.47 bits per heavy atom. The quantitative estimate of drug-likeness (QED) is 0.873. The number of hydrogen-bond donors (Lipinski definition) is 1. The maximum absolute atomic E-state index is 4.55. The predicted octanol–water partition coefficient (Wildman–Crippen LogP) is 2.42. The van der Waals surface area contributed by atoms with E-state index in [1.165, 1.54) is 37.4 Å². The smallest absolute Gasteiger partial charge is 0.107 e. The second-order valence-electron chi connectivity index (χ2n) is 4.91. The summed E-state index contributed by atoms with van der Waals surface area (Å²) >= 11 is 1.79. The average molecular weight is 253 g/mol. The van der Waals surface area contributed by atoms with E-state index in [2.05, 4.69) is 34.4 Å². The van der Waals surface area contributed by atoms with Crippen molar-refractivity contribution in [1.29, 1.82) is 0 Å². The number of hydrogen-bond acceptors (Lipinski definition) is 4. The molecule has 0 bridgehead atoms. The van der Waals surface area contributed by atoms with Crippen LogP contribution in [0, 0.1) is 6.92 Å². The highest BCUT2D eigenvalue weighted by Crippen LogP contribution is 2.16. The highest BCUT2D eigenvalue weighted by molar-refractivity contribution is 7.09. The molecule has 4 heteroatoms. The van der Waals surface area contributed by atoms with E-state index >= 15 is 0 Å². The molecular weight excluding hydrogens is 230 g/mol. The third kappa shape index (κ3) is 4.05. The van der Waals surface area contributed by atoms with E-state index in [0.717, 1.165) is 18.8 Å². The lowest BCUT2D eigenvalue weighted by atomic mass is 10.1. The van der Waals surface area contributed by atoms with Gasteiger partial charge >= 0.3 is 0 Å². The average Bonchev–Trinajstić information content (AvgIpc) is 2.73.